The standard InChI is InChI=1S/C23H28N2O2.C4H4O4/c1-18-5-4-7-21(15-18)27-14-13-24-11-9-19(10-12-24)16-25-17-20-6-2-3-8-22(20)23(25)26;5-3(6)1-2-4(7)8/h2-8,15,19H,9-14,16-17H2,1H3;1-2H,(H,5,6)(H,7,8). The summed E-state index contributed by atoms with van der Waals surface area (Å²) in [7, 11) is 0. The minimum atomic E-state index is -1.26. The quantitative estimate of drug-likeness (QED) is 0.557. The Kier molecular flexibility index (Phi) is 9.43. The van der Waals surface area contributed by atoms with Crippen molar-refractivity contribution >= 4 is 17.8 Å². The highest BCUT2D eigenvalue weighted by Gasteiger charge is 2.30. The van der Waals surface area contributed by atoms with Crippen LogP contribution in [0.2, 0.25) is 0 Å². The van der Waals surface area contributed by atoms with Gasteiger partial charge >= 0.3 is 11.9 Å². The third-order valence-electron chi connectivity index (χ3n) is 6.12. The zero-order chi connectivity index (χ0) is 25.2. The monoisotopic (exact) mass is 480 g/mol. The largest absolute Gasteiger partial charge is 0.492 e. The maximum absolute atomic E-state index is 12.5. The van der Waals surface area contributed by atoms with E-state index in [9.17, 15) is 14.4 Å². The minimum absolute atomic E-state index is 0.208. The van der Waals surface area contributed by atoms with Crippen LogP contribution in [0.5, 0.6) is 5.75 Å². The number of rotatable bonds is 8. The molecule has 35 heavy (non-hydrogen) atoms. The van der Waals surface area contributed by atoms with Crippen molar-refractivity contribution in [2.24, 2.45) is 5.92 Å². The molecule has 2 N–H and O–H groups in total. The van der Waals surface area contributed by atoms with Crippen molar-refractivity contribution in [3.8, 4) is 5.75 Å². The van der Waals surface area contributed by atoms with E-state index in [2.05, 4.69) is 30.0 Å². The third-order valence-corrected chi connectivity index (χ3v) is 6.12. The van der Waals surface area contributed by atoms with Gasteiger partial charge in [0, 0.05) is 37.3 Å². The lowest BCUT2D eigenvalue weighted by Gasteiger charge is -2.33. The molecule has 0 atom stereocenters. The number of hydrogen-bond donors (Lipinski definition) is 2. The molecule has 2 aromatic rings. The molecule has 8 heteroatoms. The fourth-order valence-corrected chi connectivity index (χ4v) is 4.31. The van der Waals surface area contributed by atoms with Crippen LogP contribution in [-0.2, 0) is 16.1 Å². The highest BCUT2D eigenvalue weighted by molar-refractivity contribution is 5.98. The number of aryl methyl sites for hydroxylation is 1. The lowest BCUT2D eigenvalue weighted by atomic mass is 9.96. The van der Waals surface area contributed by atoms with Crippen molar-refractivity contribution in [1.29, 1.82) is 0 Å². The second kappa shape index (κ2) is 12.7. The number of amides is 1. The fraction of sp³-hybridized carbons (Fsp3) is 0.370. The Morgan fingerprint density at radius 3 is 2.34 bits per heavy atom. The summed E-state index contributed by atoms with van der Waals surface area (Å²) >= 11 is 0. The minimum Gasteiger partial charge on any atom is -0.492 e. The van der Waals surface area contributed by atoms with Gasteiger partial charge < -0.3 is 19.8 Å². The molecule has 2 aromatic carbocycles. The Labute approximate surface area is 205 Å². The number of carbonyl (C=O) groups excluding carboxylic acids is 1. The van der Waals surface area contributed by atoms with E-state index in [0.717, 1.165) is 63.5 Å². The summed E-state index contributed by atoms with van der Waals surface area (Å²) in [4.78, 5) is 36.2. The number of piperidine rings is 1. The van der Waals surface area contributed by atoms with Gasteiger partial charge in [-0.1, -0.05) is 30.3 Å². The van der Waals surface area contributed by atoms with Crippen molar-refractivity contribution in [2.75, 3.05) is 32.8 Å². The summed E-state index contributed by atoms with van der Waals surface area (Å²) in [5.41, 5.74) is 3.29. The Hall–Kier alpha value is -3.65. The van der Waals surface area contributed by atoms with Gasteiger partial charge in [-0.25, -0.2) is 9.59 Å². The number of benzene rings is 2. The molecular formula is C27H32N2O6. The predicted octanol–water partition coefficient (Wildman–Crippen LogP) is 3.45. The number of carbonyl (C=O) groups is 3. The molecule has 4 rings (SSSR count). The Bertz CT molecular complexity index is 1040. The summed E-state index contributed by atoms with van der Waals surface area (Å²) in [5, 5.41) is 15.6. The van der Waals surface area contributed by atoms with E-state index in [1.165, 1.54) is 11.1 Å². The molecule has 1 amide bonds. The first kappa shape index (κ1) is 26.0. The number of hydrogen-bond acceptors (Lipinski definition) is 5. The maximum atomic E-state index is 12.5. The second-order valence-electron chi connectivity index (χ2n) is 8.80. The van der Waals surface area contributed by atoms with E-state index in [0.29, 0.717) is 18.1 Å². The van der Waals surface area contributed by atoms with Crippen molar-refractivity contribution in [3.05, 3.63) is 77.4 Å². The van der Waals surface area contributed by atoms with Gasteiger partial charge in [-0.3, -0.25) is 9.69 Å². The van der Waals surface area contributed by atoms with Gasteiger partial charge in [-0.05, 0) is 68.1 Å². The molecule has 1 fully saturated rings. The van der Waals surface area contributed by atoms with Crippen LogP contribution in [0.1, 0.15) is 34.3 Å². The zero-order valence-corrected chi connectivity index (χ0v) is 19.9. The summed E-state index contributed by atoms with van der Waals surface area (Å²) in [6.45, 7) is 7.64. The molecule has 2 aliphatic rings. The van der Waals surface area contributed by atoms with Crippen molar-refractivity contribution in [3.63, 3.8) is 0 Å². The van der Waals surface area contributed by atoms with E-state index < -0.39 is 11.9 Å². The maximum Gasteiger partial charge on any atom is 0.328 e. The van der Waals surface area contributed by atoms with Gasteiger partial charge in [-0.15, -0.1) is 0 Å². The molecule has 2 aliphatic heterocycles. The Morgan fingerprint density at radius 1 is 1.03 bits per heavy atom. The van der Waals surface area contributed by atoms with Gasteiger partial charge in [0.1, 0.15) is 12.4 Å². The first-order valence-electron chi connectivity index (χ1n) is 11.7. The molecule has 8 nitrogen and oxygen atoms in total. The molecule has 0 bridgehead atoms. The molecule has 0 aliphatic carbocycles. The number of nitrogens with zero attached hydrogens (tertiary/aromatic N) is 2. The summed E-state index contributed by atoms with van der Waals surface area (Å²) in [6, 6.07) is 16.2. The molecule has 186 valence electrons. The van der Waals surface area contributed by atoms with E-state index >= 15 is 0 Å². The van der Waals surface area contributed by atoms with Gasteiger partial charge in [-0.2, -0.15) is 0 Å². The molecule has 0 spiro atoms. The molecule has 1 saturated heterocycles. The zero-order valence-electron chi connectivity index (χ0n) is 19.9. The van der Waals surface area contributed by atoms with Crippen LogP contribution in [0.15, 0.2) is 60.7 Å². The summed E-state index contributed by atoms with van der Waals surface area (Å²) in [6.07, 6.45) is 3.43. The molecule has 0 saturated carbocycles. The van der Waals surface area contributed by atoms with Gasteiger partial charge in [0.15, 0.2) is 0 Å². The van der Waals surface area contributed by atoms with Gasteiger partial charge in [0.2, 0.25) is 0 Å². The third kappa shape index (κ3) is 8.26. The van der Waals surface area contributed by atoms with Crippen LogP contribution in [-0.4, -0.2) is 70.6 Å². The average Bonchev–Trinajstić information content (AvgIpc) is 3.15. The number of aliphatic carboxylic acids is 2. The first-order chi connectivity index (χ1) is 16.8. The number of ether oxygens (including phenoxy) is 1. The average molecular weight is 481 g/mol. The summed E-state index contributed by atoms with van der Waals surface area (Å²) in [5.74, 6) is -0.742. The Morgan fingerprint density at radius 2 is 1.71 bits per heavy atom. The van der Waals surface area contributed by atoms with E-state index in [-0.39, 0.29) is 5.91 Å². The van der Waals surface area contributed by atoms with E-state index in [1.54, 1.807) is 0 Å². The Balaban J connectivity index is 0.000000371. The van der Waals surface area contributed by atoms with E-state index in [1.807, 2.05) is 35.2 Å². The normalized spacial score (nSPS) is 16.0. The molecular weight excluding hydrogens is 448 g/mol. The number of likely N-dealkylation sites (tertiary alicyclic amines) is 1. The van der Waals surface area contributed by atoms with Crippen LogP contribution in [0.4, 0.5) is 0 Å². The highest BCUT2D eigenvalue weighted by atomic mass is 16.5. The predicted molar refractivity (Wildman–Crippen MR) is 131 cm³/mol. The molecule has 2 heterocycles. The van der Waals surface area contributed by atoms with Gasteiger partial charge in [0.25, 0.3) is 5.91 Å². The second-order valence-corrected chi connectivity index (χ2v) is 8.80. The van der Waals surface area contributed by atoms with Crippen LogP contribution >= 0.6 is 0 Å². The van der Waals surface area contributed by atoms with E-state index in [4.69, 9.17) is 14.9 Å². The lowest BCUT2D eigenvalue weighted by Crippen LogP contribution is -2.40. The number of carboxylic acids is 2. The molecule has 0 aromatic heterocycles. The SMILES string of the molecule is Cc1cccc(OCCN2CCC(CN3Cc4ccccc4C3=O)CC2)c1.O=C(O)C=CC(=O)O. The van der Waals surface area contributed by atoms with Crippen molar-refractivity contribution < 1.29 is 29.3 Å². The highest BCUT2D eigenvalue weighted by Crippen LogP contribution is 2.26. The van der Waals surface area contributed by atoms with Crippen LogP contribution in [0.25, 0.3) is 0 Å². The smallest absolute Gasteiger partial charge is 0.328 e. The van der Waals surface area contributed by atoms with Crippen LogP contribution in [0, 0.1) is 12.8 Å². The topological polar surface area (TPSA) is 107 Å². The lowest BCUT2D eigenvalue weighted by molar-refractivity contribution is -0.134. The molecule has 0 radical (unpaired) electrons. The molecule has 0 unspecified atom stereocenters. The number of carboxylic acid groups (broad SMARTS) is 2. The van der Waals surface area contributed by atoms with Crippen LogP contribution in [0.3, 0.4) is 0 Å². The first-order valence-corrected chi connectivity index (χ1v) is 11.7. The summed E-state index contributed by atoms with van der Waals surface area (Å²) < 4.78 is 5.88. The number of fused-ring (bicyclic) bond motifs is 1. The fourth-order valence-electron chi connectivity index (χ4n) is 4.31. The van der Waals surface area contributed by atoms with Gasteiger partial charge in [0.05, 0.1) is 0 Å². The van der Waals surface area contributed by atoms with Crippen molar-refractivity contribution in [2.45, 2.75) is 26.3 Å². The van der Waals surface area contributed by atoms with Crippen LogP contribution < -0.4 is 4.74 Å². The van der Waals surface area contributed by atoms with Crippen molar-refractivity contribution in [1.82, 2.24) is 9.80 Å².